The minimum Gasteiger partial charge on any atom is -0.360 e. The van der Waals surface area contributed by atoms with Crippen LogP contribution in [0.2, 0.25) is 0 Å². The monoisotopic (exact) mass is 262 g/mol. The molecule has 0 radical (unpaired) electrons. The molecule has 0 bridgehead atoms. The summed E-state index contributed by atoms with van der Waals surface area (Å²) in [4.78, 5) is 0. The molecule has 1 aromatic carbocycles. The van der Waals surface area contributed by atoms with Gasteiger partial charge in [0.15, 0.2) is 5.11 Å². The van der Waals surface area contributed by atoms with Crippen molar-refractivity contribution < 1.29 is 0 Å². The summed E-state index contributed by atoms with van der Waals surface area (Å²) in [5.74, 6) is 0.825. The molecule has 1 aliphatic rings. The Hall–Kier alpha value is -1.09. The fourth-order valence-electron chi connectivity index (χ4n) is 2.64. The molecule has 1 saturated carbocycles. The van der Waals surface area contributed by atoms with Crippen LogP contribution in [0.25, 0.3) is 0 Å². The van der Waals surface area contributed by atoms with Gasteiger partial charge in [-0.15, -0.1) is 0 Å². The number of benzene rings is 1. The van der Waals surface area contributed by atoms with Gasteiger partial charge in [-0.2, -0.15) is 0 Å². The fourth-order valence-corrected chi connectivity index (χ4v) is 2.91. The summed E-state index contributed by atoms with van der Waals surface area (Å²) in [6.45, 7) is 6.52. The van der Waals surface area contributed by atoms with Crippen LogP contribution in [-0.4, -0.2) is 11.2 Å². The van der Waals surface area contributed by atoms with Gasteiger partial charge in [-0.1, -0.05) is 24.6 Å². The van der Waals surface area contributed by atoms with Gasteiger partial charge in [-0.25, -0.2) is 0 Å². The normalized spacial score (nSPS) is 22.8. The molecule has 2 rings (SSSR count). The Bertz CT molecular complexity index is 442. The average Bonchev–Trinajstić information content (AvgIpc) is 2.68. The van der Waals surface area contributed by atoms with E-state index in [9.17, 15) is 0 Å². The van der Waals surface area contributed by atoms with Gasteiger partial charge in [0.2, 0.25) is 0 Å². The SMILES string of the molecule is Cc1ccc(NC(=S)NC2CCC(C)C2)c(C)c1. The Balaban J connectivity index is 1.91. The molecular formula is C15H22N2S. The number of anilines is 1. The van der Waals surface area contributed by atoms with Crippen LogP contribution in [-0.2, 0) is 0 Å². The predicted octanol–water partition coefficient (Wildman–Crippen LogP) is 3.78. The zero-order valence-electron chi connectivity index (χ0n) is 11.4. The lowest BCUT2D eigenvalue weighted by atomic mass is 10.1. The van der Waals surface area contributed by atoms with E-state index in [1.54, 1.807) is 0 Å². The first-order chi connectivity index (χ1) is 8.54. The number of thiocarbonyl (C=S) groups is 1. The minimum atomic E-state index is 0.547. The minimum absolute atomic E-state index is 0.547. The van der Waals surface area contributed by atoms with Crippen molar-refractivity contribution in [2.45, 2.75) is 46.1 Å². The Morgan fingerprint density at radius 3 is 2.67 bits per heavy atom. The molecule has 98 valence electrons. The molecule has 0 amide bonds. The molecule has 1 fully saturated rings. The van der Waals surface area contributed by atoms with E-state index in [1.807, 2.05) is 0 Å². The number of hydrogen-bond acceptors (Lipinski definition) is 1. The highest BCUT2D eigenvalue weighted by molar-refractivity contribution is 7.80. The lowest BCUT2D eigenvalue weighted by molar-refractivity contribution is 0.572. The van der Waals surface area contributed by atoms with E-state index in [4.69, 9.17) is 12.2 Å². The first kappa shape index (κ1) is 13.3. The second-order valence-electron chi connectivity index (χ2n) is 5.53. The maximum atomic E-state index is 5.38. The van der Waals surface area contributed by atoms with Crippen LogP contribution in [0.3, 0.4) is 0 Å². The van der Waals surface area contributed by atoms with E-state index < -0.39 is 0 Å². The zero-order chi connectivity index (χ0) is 13.1. The van der Waals surface area contributed by atoms with Crippen LogP contribution in [0.5, 0.6) is 0 Å². The first-order valence-corrected chi connectivity index (χ1v) is 7.10. The summed E-state index contributed by atoms with van der Waals surface area (Å²) in [6.07, 6.45) is 3.77. The van der Waals surface area contributed by atoms with Crippen molar-refractivity contribution in [2.24, 2.45) is 5.92 Å². The van der Waals surface area contributed by atoms with Crippen molar-refractivity contribution in [1.29, 1.82) is 0 Å². The maximum Gasteiger partial charge on any atom is 0.171 e. The molecule has 3 heteroatoms. The van der Waals surface area contributed by atoms with Crippen LogP contribution in [0.4, 0.5) is 5.69 Å². The highest BCUT2D eigenvalue weighted by Crippen LogP contribution is 2.24. The van der Waals surface area contributed by atoms with E-state index in [-0.39, 0.29) is 0 Å². The average molecular weight is 262 g/mol. The standard InChI is InChI=1S/C15H22N2S/c1-10-5-7-14(12(3)8-10)17-15(18)16-13-6-4-11(2)9-13/h5,7-8,11,13H,4,6,9H2,1-3H3,(H2,16,17,18). The molecule has 2 N–H and O–H groups in total. The summed E-state index contributed by atoms with van der Waals surface area (Å²) >= 11 is 5.38. The number of rotatable bonds is 2. The van der Waals surface area contributed by atoms with E-state index in [1.165, 1.54) is 30.4 Å². The fraction of sp³-hybridized carbons (Fsp3) is 0.533. The molecule has 0 aromatic heterocycles. The van der Waals surface area contributed by atoms with Crippen molar-refractivity contribution in [2.75, 3.05) is 5.32 Å². The summed E-state index contributed by atoms with van der Waals surface area (Å²) < 4.78 is 0. The summed E-state index contributed by atoms with van der Waals surface area (Å²) in [5, 5.41) is 7.47. The Morgan fingerprint density at radius 1 is 1.28 bits per heavy atom. The number of hydrogen-bond donors (Lipinski definition) is 2. The third-order valence-electron chi connectivity index (χ3n) is 3.66. The van der Waals surface area contributed by atoms with E-state index >= 15 is 0 Å². The van der Waals surface area contributed by atoms with E-state index in [0.717, 1.165) is 16.7 Å². The molecule has 1 aromatic rings. The van der Waals surface area contributed by atoms with Gasteiger partial charge in [0.25, 0.3) is 0 Å². The van der Waals surface area contributed by atoms with Crippen molar-refractivity contribution in [3.63, 3.8) is 0 Å². The second kappa shape index (κ2) is 5.70. The Labute approximate surface area is 115 Å². The van der Waals surface area contributed by atoms with Crippen LogP contribution in [0.1, 0.15) is 37.3 Å². The maximum absolute atomic E-state index is 5.38. The van der Waals surface area contributed by atoms with Crippen molar-refractivity contribution in [3.8, 4) is 0 Å². The smallest absolute Gasteiger partial charge is 0.171 e. The van der Waals surface area contributed by atoms with Gasteiger partial charge in [0.05, 0.1) is 0 Å². The van der Waals surface area contributed by atoms with E-state index in [2.05, 4.69) is 49.6 Å². The lowest BCUT2D eigenvalue weighted by Gasteiger charge is -2.17. The van der Waals surface area contributed by atoms with E-state index in [0.29, 0.717) is 6.04 Å². The van der Waals surface area contributed by atoms with Gasteiger partial charge in [-0.3, -0.25) is 0 Å². The van der Waals surface area contributed by atoms with Crippen LogP contribution in [0, 0.1) is 19.8 Å². The largest absolute Gasteiger partial charge is 0.360 e. The highest BCUT2D eigenvalue weighted by Gasteiger charge is 2.21. The van der Waals surface area contributed by atoms with Gasteiger partial charge in [0, 0.05) is 11.7 Å². The van der Waals surface area contributed by atoms with Crippen molar-refractivity contribution >= 4 is 23.0 Å². The molecule has 0 heterocycles. The molecule has 2 nitrogen and oxygen atoms in total. The second-order valence-corrected chi connectivity index (χ2v) is 5.94. The van der Waals surface area contributed by atoms with Crippen LogP contribution in [0.15, 0.2) is 18.2 Å². The lowest BCUT2D eigenvalue weighted by Crippen LogP contribution is -2.36. The molecule has 1 aliphatic carbocycles. The van der Waals surface area contributed by atoms with Crippen LogP contribution >= 0.6 is 12.2 Å². The Kier molecular flexibility index (Phi) is 4.23. The van der Waals surface area contributed by atoms with Crippen molar-refractivity contribution in [1.82, 2.24) is 5.32 Å². The molecule has 18 heavy (non-hydrogen) atoms. The number of nitrogens with one attached hydrogen (secondary N) is 2. The van der Waals surface area contributed by atoms with Crippen molar-refractivity contribution in [3.05, 3.63) is 29.3 Å². The molecule has 0 aliphatic heterocycles. The van der Waals surface area contributed by atoms with Gasteiger partial charge < -0.3 is 10.6 Å². The number of aryl methyl sites for hydroxylation is 2. The summed E-state index contributed by atoms with van der Waals surface area (Å²) in [5.41, 5.74) is 3.62. The van der Waals surface area contributed by atoms with Gasteiger partial charge >= 0.3 is 0 Å². The highest BCUT2D eigenvalue weighted by atomic mass is 32.1. The first-order valence-electron chi connectivity index (χ1n) is 6.69. The summed E-state index contributed by atoms with van der Waals surface area (Å²) in [7, 11) is 0. The molecule has 2 unspecified atom stereocenters. The molecule has 2 atom stereocenters. The van der Waals surface area contributed by atoms with Gasteiger partial charge in [0.1, 0.15) is 0 Å². The summed E-state index contributed by atoms with van der Waals surface area (Å²) in [6, 6.07) is 6.92. The van der Waals surface area contributed by atoms with Crippen LogP contribution < -0.4 is 10.6 Å². The third-order valence-corrected chi connectivity index (χ3v) is 3.88. The zero-order valence-corrected chi connectivity index (χ0v) is 12.2. The quantitative estimate of drug-likeness (QED) is 0.793. The molecule has 0 spiro atoms. The molecule has 0 saturated heterocycles. The predicted molar refractivity (Wildman–Crippen MR) is 82.1 cm³/mol. The van der Waals surface area contributed by atoms with Gasteiger partial charge in [-0.05, 0) is 62.9 Å². The third kappa shape index (κ3) is 3.45. The Morgan fingerprint density at radius 2 is 2.06 bits per heavy atom. The topological polar surface area (TPSA) is 24.1 Å². The molecular weight excluding hydrogens is 240 g/mol.